The molecule has 7 heteroatoms. The van der Waals surface area contributed by atoms with Gasteiger partial charge in [-0.2, -0.15) is 5.10 Å². The van der Waals surface area contributed by atoms with E-state index in [1.807, 2.05) is 43.3 Å². The highest BCUT2D eigenvalue weighted by Gasteiger charge is 2.25. The molecule has 3 rings (SSSR count). The van der Waals surface area contributed by atoms with Gasteiger partial charge >= 0.3 is 0 Å². The second-order valence-corrected chi connectivity index (χ2v) is 10.0. The fraction of sp³-hybridized carbons (Fsp3) is 0.414. The van der Waals surface area contributed by atoms with E-state index in [-0.39, 0.29) is 23.8 Å². The molecule has 0 unspecified atom stereocenters. The van der Waals surface area contributed by atoms with Crippen LogP contribution in [0.2, 0.25) is 0 Å². The maximum Gasteiger partial charge on any atom is 0.258 e. The van der Waals surface area contributed by atoms with E-state index >= 15 is 0 Å². The first-order valence-corrected chi connectivity index (χ1v) is 12.5. The molecule has 0 aliphatic carbocycles. The van der Waals surface area contributed by atoms with Crippen molar-refractivity contribution in [3.05, 3.63) is 71.4 Å². The number of nitrogens with one attached hydrogen (secondary N) is 1. The zero-order valence-electron chi connectivity index (χ0n) is 22.3. The van der Waals surface area contributed by atoms with Gasteiger partial charge in [-0.15, -0.1) is 0 Å². The predicted molar refractivity (Wildman–Crippen MR) is 144 cm³/mol. The summed E-state index contributed by atoms with van der Waals surface area (Å²) in [6, 6.07) is 16.9. The van der Waals surface area contributed by atoms with Crippen LogP contribution in [0.1, 0.15) is 68.6 Å². The Balaban J connectivity index is 1.88. The number of hydrogen-bond donors (Lipinski definition) is 1. The van der Waals surface area contributed by atoms with Crippen LogP contribution in [-0.2, 0) is 10.2 Å². The number of anilines is 1. The van der Waals surface area contributed by atoms with Gasteiger partial charge in [0.05, 0.1) is 24.1 Å². The summed E-state index contributed by atoms with van der Waals surface area (Å²) in [6.45, 7) is 10.8. The molecular weight excluding hydrogens is 452 g/mol. The van der Waals surface area contributed by atoms with Crippen molar-refractivity contribution in [3.8, 4) is 11.4 Å². The molecule has 0 radical (unpaired) electrons. The number of benzene rings is 2. The molecular formula is C29H38N4O3. The first-order valence-electron chi connectivity index (χ1n) is 12.5. The minimum atomic E-state index is -0.273. The Bertz CT molecular complexity index is 1190. The molecule has 0 aliphatic heterocycles. The third kappa shape index (κ3) is 6.53. The second kappa shape index (κ2) is 11.9. The van der Waals surface area contributed by atoms with Crippen LogP contribution < -0.4 is 10.1 Å². The lowest BCUT2D eigenvalue weighted by Crippen LogP contribution is -2.39. The highest BCUT2D eigenvalue weighted by atomic mass is 16.5. The van der Waals surface area contributed by atoms with Crippen LogP contribution in [0.15, 0.2) is 54.6 Å². The molecule has 0 atom stereocenters. The summed E-state index contributed by atoms with van der Waals surface area (Å²) in [4.78, 5) is 28.3. The third-order valence-electron chi connectivity index (χ3n) is 6.08. The molecule has 2 aromatic carbocycles. The number of aryl methyl sites for hydroxylation is 1. The van der Waals surface area contributed by atoms with E-state index in [4.69, 9.17) is 9.84 Å². The molecule has 0 aliphatic rings. The molecule has 0 bridgehead atoms. The van der Waals surface area contributed by atoms with Gasteiger partial charge in [0.2, 0.25) is 5.91 Å². The number of amides is 2. The van der Waals surface area contributed by atoms with Gasteiger partial charge in [-0.3, -0.25) is 9.59 Å². The second-order valence-electron chi connectivity index (χ2n) is 10.0. The van der Waals surface area contributed by atoms with Crippen molar-refractivity contribution in [2.75, 3.05) is 25.5 Å². The highest BCUT2D eigenvalue weighted by Crippen LogP contribution is 2.27. The highest BCUT2D eigenvalue weighted by molar-refractivity contribution is 6.00. The van der Waals surface area contributed by atoms with E-state index in [9.17, 15) is 9.59 Å². The summed E-state index contributed by atoms with van der Waals surface area (Å²) in [6.07, 6.45) is 2.82. The number of methoxy groups -OCH3 is 1. The normalized spacial score (nSPS) is 11.3. The van der Waals surface area contributed by atoms with Gasteiger partial charge in [0, 0.05) is 18.0 Å². The van der Waals surface area contributed by atoms with E-state index in [0.29, 0.717) is 23.7 Å². The number of ether oxygens (including phenoxy) is 1. The van der Waals surface area contributed by atoms with E-state index in [1.54, 1.807) is 34.9 Å². The van der Waals surface area contributed by atoms with Crippen LogP contribution in [0.25, 0.3) is 5.69 Å². The van der Waals surface area contributed by atoms with E-state index in [0.717, 1.165) is 36.2 Å². The molecule has 0 saturated heterocycles. The number of rotatable bonds is 10. The van der Waals surface area contributed by atoms with Crippen molar-refractivity contribution in [3.63, 3.8) is 0 Å². The monoisotopic (exact) mass is 490 g/mol. The Hall–Kier alpha value is -3.61. The molecule has 0 saturated carbocycles. The Morgan fingerprint density at radius 1 is 1.06 bits per heavy atom. The van der Waals surface area contributed by atoms with Crippen molar-refractivity contribution in [2.24, 2.45) is 0 Å². The predicted octanol–water partition coefficient (Wildman–Crippen LogP) is 5.76. The van der Waals surface area contributed by atoms with Gasteiger partial charge in [0.1, 0.15) is 18.1 Å². The molecule has 1 N–H and O–H groups in total. The lowest BCUT2D eigenvalue weighted by molar-refractivity contribution is -0.117. The van der Waals surface area contributed by atoms with Gasteiger partial charge in [0.25, 0.3) is 5.91 Å². The van der Waals surface area contributed by atoms with Crippen molar-refractivity contribution in [1.82, 2.24) is 14.7 Å². The van der Waals surface area contributed by atoms with Crippen LogP contribution >= 0.6 is 0 Å². The quantitative estimate of drug-likeness (QED) is 0.367. The van der Waals surface area contributed by atoms with Crippen molar-refractivity contribution >= 4 is 17.6 Å². The first kappa shape index (κ1) is 27.0. The summed E-state index contributed by atoms with van der Waals surface area (Å²) in [5.41, 5.74) is 3.06. The number of carbonyl (C=O) groups is 2. The summed E-state index contributed by atoms with van der Waals surface area (Å²) in [5.74, 6) is 0.583. The average Bonchev–Trinajstić information content (AvgIpc) is 3.27. The Morgan fingerprint density at radius 2 is 1.75 bits per heavy atom. The number of unbranched alkanes of at least 4 members (excludes halogenated alkanes) is 2. The largest absolute Gasteiger partial charge is 0.496 e. The van der Waals surface area contributed by atoms with Crippen LogP contribution in [0.4, 0.5) is 5.82 Å². The van der Waals surface area contributed by atoms with Gasteiger partial charge in [-0.1, -0.05) is 70.9 Å². The van der Waals surface area contributed by atoms with E-state index in [1.165, 1.54) is 0 Å². The van der Waals surface area contributed by atoms with Gasteiger partial charge < -0.3 is 15.0 Å². The summed E-state index contributed by atoms with van der Waals surface area (Å²) in [5, 5.41) is 7.84. The molecule has 1 heterocycles. The molecule has 192 valence electrons. The van der Waals surface area contributed by atoms with Crippen LogP contribution in [0.3, 0.4) is 0 Å². The first-order chi connectivity index (χ1) is 17.2. The number of para-hydroxylation sites is 2. The van der Waals surface area contributed by atoms with Crippen LogP contribution in [-0.4, -0.2) is 46.7 Å². The molecule has 36 heavy (non-hydrogen) atoms. The Morgan fingerprint density at radius 3 is 2.42 bits per heavy atom. The standard InChI is InChI=1S/C29H38N4O3/c1-7-8-13-18-32(28(35)22-15-10-12-17-24(22)36-6)20-27(34)30-26-19-25(29(3,4)5)31-33(26)23-16-11-9-14-21(23)2/h9-12,14-17,19H,7-8,13,18,20H2,1-6H3,(H,30,34). The fourth-order valence-corrected chi connectivity index (χ4v) is 3.97. The third-order valence-corrected chi connectivity index (χ3v) is 6.08. The number of aromatic nitrogens is 2. The maximum atomic E-state index is 13.4. The zero-order valence-corrected chi connectivity index (χ0v) is 22.3. The summed E-state index contributed by atoms with van der Waals surface area (Å²) in [7, 11) is 1.54. The molecule has 3 aromatic rings. The summed E-state index contributed by atoms with van der Waals surface area (Å²) >= 11 is 0. The van der Waals surface area contributed by atoms with Crippen LogP contribution in [0, 0.1) is 6.92 Å². The average molecular weight is 491 g/mol. The van der Waals surface area contributed by atoms with Crippen molar-refractivity contribution in [1.29, 1.82) is 0 Å². The minimum absolute atomic E-state index is 0.0651. The van der Waals surface area contributed by atoms with Gasteiger partial charge in [0.15, 0.2) is 0 Å². The molecule has 2 amide bonds. The molecule has 7 nitrogen and oxygen atoms in total. The molecule has 0 fully saturated rings. The number of hydrogen-bond acceptors (Lipinski definition) is 4. The Labute approximate surface area is 214 Å². The van der Waals surface area contributed by atoms with E-state index < -0.39 is 0 Å². The topological polar surface area (TPSA) is 76.5 Å². The molecule has 1 aromatic heterocycles. The van der Waals surface area contributed by atoms with Crippen molar-refractivity contribution < 1.29 is 14.3 Å². The van der Waals surface area contributed by atoms with Crippen molar-refractivity contribution in [2.45, 2.75) is 59.3 Å². The van der Waals surface area contributed by atoms with E-state index in [2.05, 4.69) is 33.0 Å². The number of nitrogens with zero attached hydrogens (tertiary/aromatic N) is 3. The SMILES string of the molecule is CCCCCN(CC(=O)Nc1cc(C(C)(C)C)nn1-c1ccccc1C)C(=O)c1ccccc1OC. The minimum Gasteiger partial charge on any atom is -0.496 e. The fourth-order valence-electron chi connectivity index (χ4n) is 3.97. The Kier molecular flexibility index (Phi) is 8.91. The lowest BCUT2D eigenvalue weighted by atomic mass is 9.92. The smallest absolute Gasteiger partial charge is 0.258 e. The zero-order chi connectivity index (χ0) is 26.3. The van der Waals surface area contributed by atoms with Crippen LogP contribution in [0.5, 0.6) is 5.75 Å². The summed E-state index contributed by atoms with van der Waals surface area (Å²) < 4.78 is 7.17. The lowest BCUT2D eigenvalue weighted by Gasteiger charge is -2.23. The maximum absolute atomic E-state index is 13.4. The van der Waals surface area contributed by atoms with Gasteiger partial charge in [-0.05, 0) is 37.1 Å². The van der Waals surface area contributed by atoms with Gasteiger partial charge in [-0.25, -0.2) is 4.68 Å². The number of carbonyl (C=O) groups excluding carboxylic acids is 2. The molecule has 0 spiro atoms.